The number of anilines is 3. The molecule has 0 fully saturated rings. The predicted molar refractivity (Wildman–Crippen MR) is 120 cm³/mol. The number of carbonyl (C=O) groups is 2. The minimum absolute atomic E-state index is 0.0341. The summed E-state index contributed by atoms with van der Waals surface area (Å²) in [7, 11) is 0. The molecule has 0 saturated heterocycles. The van der Waals surface area contributed by atoms with E-state index in [1.54, 1.807) is 30.3 Å². The topological polar surface area (TPSA) is 122 Å². The first kappa shape index (κ1) is 23.1. The van der Waals surface area contributed by atoms with Crippen molar-refractivity contribution in [3.8, 4) is 0 Å². The lowest BCUT2D eigenvalue weighted by atomic mass is 10.1. The lowest BCUT2D eigenvalue weighted by Crippen LogP contribution is -2.24. The number of hydrogen-bond acceptors (Lipinski definition) is 6. The molecule has 0 aliphatic rings. The molecular formula is C22H32N6O2. The van der Waals surface area contributed by atoms with Gasteiger partial charge in [-0.1, -0.05) is 32.3 Å². The highest BCUT2D eigenvalue weighted by Crippen LogP contribution is 2.12. The van der Waals surface area contributed by atoms with Crippen molar-refractivity contribution in [3.05, 3.63) is 42.2 Å². The average molecular weight is 413 g/mol. The molecule has 0 atom stereocenters. The van der Waals surface area contributed by atoms with E-state index in [9.17, 15) is 9.59 Å². The minimum Gasteiger partial charge on any atom is -0.384 e. The van der Waals surface area contributed by atoms with Crippen molar-refractivity contribution in [2.75, 3.05) is 29.5 Å². The van der Waals surface area contributed by atoms with Crippen LogP contribution in [-0.2, 0) is 4.79 Å². The van der Waals surface area contributed by atoms with Crippen molar-refractivity contribution in [3.63, 3.8) is 0 Å². The van der Waals surface area contributed by atoms with Crippen molar-refractivity contribution < 1.29 is 9.59 Å². The van der Waals surface area contributed by atoms with E-state index in [1.165, 1.54) is 6.33 Å². The van der Waals surface area contributed by atoms with Gasteiger partial charge in [0.1, 0.15) is 18.0 Å². The summed E-state index contributed by atoms with van der Waals surface area (Å²) in [6.07, 6.45) is 7.68. The Bertz CT molecular complexity index is 812. The van der Waals surface area contributed by atoms with Gasteiger partial charge in [0.2, 0.25) is 5.91 Å². The van der Waals surface area contributed by atoms with Gasteiger partial charge in [0.05, 0.1) is 0 Å². The maximum absolute atomic E-state index is 12.2. The van der Waals surface area contributed by atoms with E-state index in [2.05, 4.69) is 32.8 Å². The normalized spacial score (nSPS) is 10.4. The second kappa shape index (κ2) is 13.1. The van der Waals surface area contributed by atoms with Crippen molar-refractivity contribution in [1.82, 2.24) is 15.3 Å². The third kappa shape index (κ3) is 8.89. The lowest BCUT2D eigenvalue weighted by molar-refractivity contribution is -0.116. The summed E-state index contributed by atoms with van der Waals surface area (Å²) in [5.74, 6) is 1.02. The highest BCUT2D eigenvalue weighted by molar-refractivity contribution is 5.97. The summed E-state index contributed by atoms with van der Waals surface area (Å²) >= 11 is 0. The molecule has 0 bridgehead atoms. The van der Waals surface area contributed by atoms with Crippen LogP contribution in [-0.4, -0.2) is 34.9 Å². The lowest BCUT2D eigenvalue weighted by Gasteiger charge is -2.08. The average Bonchev–Trinajstić information content (AvgIpc) is 2.73. The quantitative estimate of drug-likeness (QED) is 0.373. The van der Waals surface area contributed by atoms with Gasteiger partial charge in [0.25, 0.3) is 5.91 Å². The second-order valence-electron chi connectivity index (χ2n) is 7.16. The molecule has 0 radical (unpaired) electrons. The summed E-state index contributed by atoms with van der Waals surface area (Å²) in [5.41, 5.74) is 6.82. The fraction of sp³-hybridized carbons (Fsp3) is 0.455. The summed E-state index contributed by atoms with van der Waals surface area (Å²) in [5, 5.41) is 8.96. The summed E-state index contributed by atoms with van der Waals surface area (Å²) in [6.45, 7) is 3.54. The van der Waals surface area contributed by atoms with Gasteiger partial charge in [-0.25, -0.2) is 9.97 Å². The summed E-state index contributed by atoms with van der Waals surface area (Å²) < 4.78 is 0. The van der Waals surface area contributed by atoms with E-state index in [1.807, 2.05) is 0 Å². The van der Waals surface area contributed by atoms with E-state index in [0.29, 0.717) is 30.0 Å². The van der Waals surface area contributed by atoms with Crippen molar-refractivity contribution in [1.29, 1.82) is 0 Å². The van der Waals surface area contributed by atoms with Gasteiger partial charge in [0, 0.05) is 36.8 Å². The van der Waals surface area contributed by atoms with E-state index in [4.69, 9.17) is 5.73 Å². The largest absolute Gasteiger partial charge is 0.384 e. The summed E-state index contributed by atoms with van der Waals surface area (Å²) in [6, 6.07) is 8.74. The van der Waals surface area contributed by atoms with Crippen LogP contribution in [0.1, 0.15) is 62.2 Å². The predicted octanol–water partition coefficient (Wildman–Crippen LogP) is 3.59. The molecule has 0 aliphatic carbocycles. The van der Waals surface area contributed by atoms with Gasteiger partial charge >= 0.3 is 0 Å². The van der Waals surface area contributed by atoms with Crippen LogP contribution in [0.2, 0.25) is 0 Å². The highest BCUT2D eigenvalue weighted by Gasteiger charge is 2.07. The molecule has 0 aliphatic heterocycles. The third-order valence-corrected chi connectivity index (χ3v) is 4.55. The number of hydrogen-bond donors (Lipinski definition) is 4. The molecule has 30 heavy (non-hydrogen) atoms. The Hall–Kier alpha value is -3.16. The van der Waals surface area contributed by atoms with Gasteiger partial charge in [0.15, 0.2) is 0 Å². The number of nitrogens with zero attached hydrogens (tertiary/aromatic N) is 2. The molecule has 0 spiro atoms. The molecule has 1 heterocycles. The van der Waals surface area contributed by atoms with Gasteiger partial charge in [-0.2, -0.15) is 0 Å². The zero-order valence-corrected chi connectivity index (χ0v) is 17.6. The van der Waals surface area contributed by atoms with Crippen LogP contribution in [0.4, 0.5) is 17.3 Å². The second-order valence-corrected chi connectivity index (χ2v) is 7.16. The van der Waals surface area contributed by atoms with Crippen LogP contribution < -0.4 is 21.7 Å². The number of nitrogen functional groups attached to an aromatic ring is 1. The molecule has 2 amide bonds. The molecule has 2 aromatic rings. The fourth-order valence-electron chi connectivity index (χ4n) is 2.89. The Morgan fingerprint density at radius 3 is 2.63 bits per heavy atom. The minimum atomic E-state index is -0.113. The molecule has 0 saturated carbocycles. The first-order valence-corrected chi connectivity index (χ1v) is 10.6. The monoisotopic (exact) mass is 412 g/mol. The molecular weight excluding hydrogens is 380 g/mol. The molecule has 0 unspecified atom stereocenters. The standard InChI is InChI=1S/C22H32N6O2/c1-2-3-12-25-22(30)17-9-8-10-18(14-17)28-21(29)11-6-4-5-7-13-24-20-15-19(23)26-16-27-20/h8-10,14-16H,2-7,11-13H2,1H3,(H,25,30)(H,28,29)(H3,23,24,26,27). The Labute approximate surface area is 178 Å². The zero-order valence-electron chi connectivity index (χ0n) is 17.6. The number of amides is 2. The zero-order chi connectivity index (χ0) is 21.6. The smallest absolute Gasteiger partial charge is 0.251 e. The maximum Gasteiger partial charge on any atom is 0.251 e. The van der Waals surface area contributed by atoms with Crippen LogP contribution >= 0.6 is 0 Å². The SMILES string of the molecule is CCCCNC(=O)c1cccc(NC(=O)CCCCCCNc2cc(N)ncn2)c1. The fourth-order valence-corrected chi connectivity index (χ4v) is 2.89. The van der Waals surface area contributed by atoms with Crippen LogP contribution in [0.3, 0.4) is 0 Å². The molecule has 8 nitrogen and oxygen atoms in total. The van der Waals surface area contributed by atoms with Crippen LogP contribution in [0.5, 0.6) is 0 Å². The summed E-state index contributed by atoms with van der Waals surface area (Å²) in [4.78, 5) is 32.2. The molecule has 1 aromatic heterocycles. The Morgan fingerprint density at radius 2 is 1.83 bits per heavy atom. The number of carbonyl (C=O) groups excluding carboxylic acids is 2. The number of nitrogens with one attached hydrogen (secondary N) is 3. The maximum atomic E-state index is 12.2. The number of rotatable bonds is 13. The van der Waals surface area contributed by atoms with E-state index < -0.39 is 0 Å². The number of benzene rings is 1. The number of unbranched alkanes of at least 4 members (excludes halogenated alkanes) is 4. The number of aromatic nitrogens is 2. The van der Waals surface area contributed by atoms with E-state index in [0.717, 1.165) is 50.9 Å². The van der Waals surface area contributed by atoms with Crippen molar-refractivity contribution in [2.45, 2.75) is 51.9 Å². The van der Waals surface area contributed by atoms with Crippen LogP contribution in [0, 0.1) is 0 Å². The molecule has 5 N–H and O–H groups in total. The highest BCUT2D eigenvalue weighted by atomic mass is 16.2. The van der Waals surface area contributed by atoms with Gasteiger partial charge < -0.3 is 21.7 Å². The first-order valence-electron chi connectivity index (χ1n) is 10.6. The number of nitrogens with two attached hydrogens (primary N) is 1. The Kier molecular flexibility index (Phi) is 10.1. The molecule has 1 aromatic carbocycles. The van der Waals surface area contributed by atoms with Crippen molar-refractivity contribution in [2.24, 2.45) is 0 Å². The third-order valence-electron chi connectivity index (χ3n) is 4.55. The Balaban J connectivity index is 1.60. The van der Waals surface area contributed by atoms with Crippen LogP contribution in [0.25, 0.3) is 0 Å². The molecule has 2 rings (SSSR count). The van der Waals surface area contributed by atoms with Gasteiger partial charge in [-0.05, 0) is 37.5 Å². The van der Waals surface area contributed by atoms with E-state index in [-0.39, 0.29) is 11.8 Å². The van der Waals surface area contributed by atoms with E-state index >= 15 is 0 Å². The van der Waals surface area contributed by atoms with Crippen molar-refractivity contribution >= 4 is 29.1 Å². The van der Waals surface area contributed by atoms with Gasteiger partial charge in [-0.15, -0.1) is 0 Å². The Morgan fingerprint density at radius 1 is 1.00 bits per heavy atom. The molecule has 8 heteroatoms. The van der Waals surface area contributed by atoms with Crippen LogP contribution in [0.15, 0.2) is 36.7 Å². The van der Waals surface area contributed by atoms with Gasteiger partial charge in [-0.3, -0.25) is 9.59 Å². The first-order chi connectivity index (χ1) is 14.6. The molecule has 162 valence electrons.